The molecule has 0 aliphatic rings. The molecule has 18 heavy (non-hydrogen) atoms. The lowest BCUT2D eigenvalue weighted by atomic mass is 10.1. The molecule has 1 nitrogen and oxygen atoms in total. The third-order valence-corrected chi connectivity index (χ3v) is 3.60. The van der Waals surface area contributed by atoms with Crippen molar-refractivity contribution < 1.29 is 4.74 Å². The first-order valence-corrected chi connectivity index (χ1v) is 7.62. The predicted molar refractivity (Wildman–Crippen MR) is 83.1 cm³/mol. The molecule has 0 saturated carbocycles. The zero-order valence-electron chi connectivity index (χ0n) is 11.3. The minimum absolute atomic E-state index is 0.797. The molecule has 2 heteroatoms. The fourth-order valence-electron chi connectivity index (χ4n) is 1.82. The molecule has 100 valence electrons. The van der Waals surface area contributed by atoms with E-state index in [2.05, 4.69) is 29.4 Å². The van der Waals surface area contributed by atoms with E-state index in [4.69, 9.17) is 4.74 Å². The van der Waals surface area contributed by atoms with Crippen molar-refractivity contribution in [2.24, 2.45) is 0 Å². The van der Waals surface area contributed by atoms with Gasteiger partial charge in [-0.05, 0) is 40.0 Å². The molecule has 0 amide bonds. The SMILES string of the molecule is C=Cc1ccc(Br)c(OCCCCCCCC)c1. The second-order valence-corrected chi connectivity index (χ2v) is 5.36. The van der Waals surface area contributed by atoms with Gasteiger partial charge in [0.25, 0.3) is 0 Å². The van der Waals surface area contributed by atoms with Gasteiger partial charge >= 0.3 is 0 Å². The van der Waals surface area contributed by atoms with Crippen LogP contribution in [0.25, 0.3) is 6.08 Å². The lowest BCUT2D eigenvalue weighted by Gasteiger charge is -2.09. The third kappa shape index (κ3) is 5.72. The number of ether oxygens (including phenoxy) is 1. The Morgan fingerprint density at radius 2 is 1.89 bits per heavy atom. The number of hydrogen-bond donors (Lipinski definition) is 0. The number of rotatable bonds is 9. The lowest BCUT2D eigenvalue weighted by Crippen LogP contribution is -1.98. The Kier molecular flexibility index (Phi) is 7.83. The van der Waals surface area contributed by atoms with Crippen molar-refractivity contribution in [1.29, 1.82) is 0 Å². The largest absolute Gasteiger partial charge is 0.492 e. The van der Waals surface area contributed by atoms with Gasteiger partial charge in [-0.2, -0.15) is 0 Å². The summed E-state index contributed by atoms with van der Waals surface area (Å²) in [5.41, 5.74) is 1.09. The molecule has 0 spiro atoms. The summed E-state index contributed by atoms with van der Waals surface area (Å²) in [5, 5.41) is 0. The fraction of sp³-hybridized carbons (Fsp3) is 0.500. The van der Waals surface area contributed by atoms with Gasteiger partial charge in [0.05, 0.1) is 11.1 Å². The normalized spacial score (nSPS) is 10.3. The van der Waals surface area contributed by atoms with Crippen molar-refractivity contribution in [3.63, 3.8) is 0 Å². The maximum absolute atomic E-state index is 5.79. The minimum atomic E-state index is 0.797. The van der Waals surface area contributed by atoms with Crippen LogP contribution in [-0.4, -0.2) is 6.61 Å². The van der Waals surface area contributed by atoms with Crippen LogP contribution in [0.1, 0.15) is 51.0 Å². The Morgan fingerprint density at radius 3 is 2.61 bits per heavy atom. The Labute approximate surface area is 119 Å². The van der Waals surface area contributed by atoms with Crippen LogP contribution in [-0.2, 0) is 0 Å². The molecule has 0 aliphatic heterocycles. The molecular formula is C16H23BrO. The van der Waals surface area contributed by atoms with Gasteiger partial charge in [0.2, 0.25) is 0 Å². The minimum Gasteiger partial charge on any atom is -0.492 e. The highest BCUT2D eigenvalue weighted by atomic mass is 79.9. The van der Waals surface area contributed by atoms with Crippen LogP contribution >= 0.6 is 15.9 Å². The zero-order valence-corrected chi connectivity index (χ0v) is 12.8. The second kappa shape index (κ2) is 9.21. The smallest absolute Gasteiger partial charge is 0.134 e. The van der Waals surface area contributed by atoms with Crippen molar-refractivity contribution in [3.05, 3.63) is 34.8 Å². The summed E-state index contributed by atoms with van der Waals surface area (Å²) in [6.45, 7) is 6.81. The van der Waals surface area contributed by atoms with Crippen LogP contribution in [0.15, 0.2) is 29.3 Å². The molecule has 0 heterocycles. The molecule has 1 aromatic rings. The van der Waals surface area contributed by atoms with Crippen LogP contribution < -0.4 is 4.74 Å². The van der Waals surface area contributed by atoms with Crippen molar-refractivity contribution >= 4 is 22.0 Å². The average molecular weight is 311 g/mol. The summed E-state index contributed by atoms with van der Waals surface area (Å²) >= 11 is 3.50. The molecule has 0 aliphatic carbocycles. The number of benzene rings is 1. The van der Waals surface area contributed by atoms with Gasteiger partial charge in [-0.15, -0.1) is 0 Å². The second-order valence-electron chi connectivity index (χ2n) is 4.51. The molecule has 1 rings (SSSR count). The van der Waals surface area contributed by atoms with Crippen molar-refractivity contribution in [2.75, 3.05) is 6.61 Å². The van der Waals surface area contributed by atoms with Gasteiger partial charge in [0.15, 0.2) is 0 Å². The van der Waals surface area contributed by atoms with E-state index in [1.807, 2.05) is 24.3 Å². The van der Waals surface area contributed by atoms with Gasteiger partial charge in [0, 0.05) is 0 Å². The van der Waals surface area contributed by atoms with E-state index >= 15 is 0 Å². The first-order valence-electron chi connectivity index (χ1n) is 6.82. The molecule has 1 aromatic carbocycles. The predicted octanol–water partition coefficient (Wildman–Crippen LogP) is 5.83. The standard InChI is InChI=1S/C16H23BrO/c1-3-5-6-7-8-9-12-18-16-13-14(4-2)10-11-15(16)17/h4,10-11,13H,2-3,5-9,12H2,1H3. The highest BCUT2D eigenvalue weighted by molar-refractivity contribution is 9.10. The first kappa shape index (κ1) is 15.3. The maximum Gasteiger partial charge on any atom is 0.134 e. The van der Waals surface area contributed by atoms with E-state index in [1.165, 1.54) is 32.1 Å². The molecule has 0 atom stereocenters. The quantitative estimate of drug-likeness (QED) is 0.521. The fourth-order valence-corrected chi connectivity index (χ4v) is 2.18. The van der Waals surface area contributed by atoms with Crippen LogP contribution in [0.2, 0.25) is 0 Å². The maximum atomic E-state index is 5.79. The van der Waals surface area contributed by atoms with Crippen LogP contribution in [0.3, 0.4) is 0 Å². The molecule has 0 fully saturated rings. The lowest BCUT2D eigenvalue weighted by molar-refractivity contribution is 0.302. The third-order valence-electron chi connectivity index (χ3n) is 2.95. The summed E-state index contributed by atoms with van der Waals surface area (Å²) in [6, 6.07) is 6.05. The summed E-state index contributed by atoms with van der Waals surface area (Å²) in [4.78, 5) is 0. The highest BCUT2D eigenvalue weighted by Gasteiger charge is 2.01. The molecule has 0 bridgehead atoms. The Morgan fingerprint density at radius 1 is 1.17 bits per heavy atom. The van der Waals surface area contributed by atoms with Crippen molar-refractivity contribution in [2.45, 2.75) is 45.4 Å². The molecular weight excluding hydrogens is 288 g/mol. The number of halogens is 1. The van der Waals surface area contributed by atoms with Gasteiger partial charge in [-0.3, -0.25) is 0 Å². The van der Waals surface area contributed by atoms with E-state index < -0.39 is 0 Å². The van der Waals surface area contributed by atoms with Gasteiger partial charge in [-0.1, -0.05) is 57.7 Å². The van der Waals surface area contributed by atoms with Crippen LogP contribution in [0.5, 0.6) is 5.75 Å². The van der Waals surface area contributed by atoms with Gasteiger partial charge in [-0.25, -0.2) is 0 Å². The monoisotopic (exact) mass is 310 g/mol. The van der Waals surface area contributed by atoms with Gasteiger partial charge in [0.1, 0.15) is 5.75 Å². The molecule has 0 unspecified atom stereocenters. The van der Waals surface area contributed by atoms with E-state index in [-0.39, 0.29) is 0 Å². The summed E-state index contributed by atoms with van der Waals surface area (Å²) in [7, 11) is 0. The van der Waals surface area contributed by atoms with Crippen molar-refractivity contribution in [3.8, 4) is 5.75 Å². The van der Waals surface area contributed by atoms with Gasteiger partial charge < -0.3 is 4.74 Å². The van der Waals surface area contributed by atoms with E-state index in [0.29, 0.717) is 0 Å². The first-order chi connectivity index (χ1) is 8.77. The number of hydrogen-bond acceptors (Lipinski definition) is 1. The highest BCUT2D eigenvalue weighted by Crippen LogP contribution is 2.26. The van der Waals surface area contributed by atoms with E-state index in [9.17, 15) is 0 Å². The number of unbranched alkanes of at least 4 members (excludes halogenated alkanes) is 5. The molecule has 0 N–H and O–H groups in total. The average Bonchev–Trinajstić information content (AvgIpc) is 2.39. The zero-order chi connectivity index (χ0) is 13.2. The van der Waals surface area contributed by atoms with E-state index in [1.54, 1.807) is 0 Å². The topological polar surface area (TPSA) is 9.23 Å². The Balaban J connectivity index is 2.24. The van der Waals surface area contributed by atoms with Crippen LogP contribution in [0, 0.1) is 0 Å². The Bertz CT molecular complexity index is 360. The molecule has 0 saturated heterocycles. The van der Waals surface area contributed by atoms with E-state index in [0.717, 1.165) is 28.8 Å². The Hall–Kier alpha value is -0.760. The van der Waals surface area contributed by atoms with Crippen molar-refractivity contribution in [1.82, 2.24) is 0 Å². The summed E-state index contributed by atoms with van der Waals surface area (Å²) in [5.74, 6) is 0.918. The summed E-state index contributed by atoms with van der Waals surface area (Å²) in [6.07, 6.45) is 9.57. The summed E-state index contributed by atoms with van der Waals surface area (Å²) < 4.78 is 6.80. The molecule has 0 aromatic heterocycles. The van der Waals surface area contributed by atoms with Crippen LogP contribution in [0.4, 0.5) is 0 Å². The molecule has 0 radical (unpaired) electrons.